The number of benzene rings is 2. The summed E-state index contributed by atoms with van der Waals surface area (Å²) in [5.41, 5.74) is 1.66. The summed E-state index contributed by atoms with van der Waals surface area (Å²) in [6, 6.07) is 12.7. The Kier molecular flexibility index (Phi) is 4.32. The Bertz CT molecular complexity index is 810. The van der Waals surface area contributed by atoms with Crippen LogP contribution in [0.2, 0.25) is 0 Å². The van der Waals surface area contributed by atoms with Gasteiger partial charge in [-0.25, -0.2) is 4.68 Å². The minimum atomic E-state index is -4.34. The molecular formula is C16H14F3N3S. The molecule has 0 saturated carbocycles. The number of para-hydroxylation sites is 1. The zero-order valence-electron chi connectivity index (χ0n) is 12.3. The van der Waals surface area contributed by atoms with Gasteiger partial charge in [-0.05, 0) is 36.6 Å². The van der Waals surface area contributed by atoms with E-state index in [0.717, 1.165) is 28.7 Å². The molecule has 3 rings (SSSR count). The number of halogens is 3. The zero-order chi connectivity index (χ0) is 16.4. The van der Waals surface area contributed by atoms with E-state index in [-0.39, 0.29) is 0 Å². The normalized spacial score (nSPS) is 12.0. The summed E-state index contributed by atoms with van der Waals surface area (Å²) >= 11 is 1.49. The highest BCUT2D eigenvalue weighted by molar-refractivity contribution is 7.96. The second-order valence-corrected chi connectivity index (χ2v) is 5.64. The molecule has 120 valence electrons. The highest BCUT2D eigenvalue weighted by Crippen LogP contribution is 2.30. The summed E-state index contributed by atoms with van der Waals surface area (Å²) < 4.78 is 42.9. The third-order valence-corrected chi connectivity index (χ3v) is 3.92. The van der Waals surface area contributed by atoms with Crippen molar-refractivity contribution in [2.45, 2.75) is 12.7 Å². The summed E-state index contributed by atoms with van der Waals surface area (Å²) in [6.45, 7) is 0.579. The minimum absolute atomic E-state index is 0.579. The van der Waals surface area contributed by atoms with E-state index < -0.39 is 11.7 Å². The van der Waals surface area contributed by atoms with Gasteiger partial charge in [0, 0.05) is 5.39 Å². The maximum absolute atomic E-state index is 12.7. The molecule has 1 N–H and O–H groups in total. The van der Waals surface area contributed by atoms with Crippen LogP contribution in [-0.4, -0.2) is 16.0 Å². The maximum atomic E-state index is 12.7. The van der Waals surface area contributed by atoms with E-state index in [0.29, 0.717) is 12.2 Å². The molecule has 1 aromatic heterocycles. The number of aromatic nitrogens is 2. The summed E-state index contributed by atoms with van der Waals surface area (Å²) in [5.74, 6) is 0. The third kappa shape index (κ3) is 3.20. The van der Waals surface area contributed by atoms with Gasteiger partial charge in [0.25, 0.3) is 0 Å². The predicted molar refractivity (Wildman–Crippen MR) is 86.4 cm³/mol. The fourth-order valence-corrected chi connectivity index (χ4v) is 2.67. The van der Waals surface area contributed by atoms with Crippen molar-refractivity contribution in [3.05, 3.63) is 59.8 Å². The second kappa shape index (κ2) is 6.25. The lowest BCUT2D eigenvalue weighted by molar-refractivity contribution is -0.137. The molecule has 0 aliphatic rings. The summed E-state index contributed by atoms with van der Waals surface area (Å²) in [6.07, 6.45) is -2.41. The van der Waals surface area contributed by atoms with Gasteiger partial charge in [-0.1, -0.05) is 30.1 Å². The first-order valence-electron chi connectivity index (χ1n) is 6.91. The fourth-order valence-electron chi connectivity index (χ4n) is 2.39. The van der Waals surface area contributed by atoms with Crippen LogP contribution in [-0.2, 0) is 12.7 Å². The van der Waals surface area contributed by atoms with Crippen molar-refractivity contribution < 1.29 is 13.2 Å². The molecule has 0 aliphatic heterocycles. The van der Waals surface area contributed by atoms with Crippen LogP contribution in [0, 0.1) is 0 Å². The van der Waals surface area contributed by atoms with Crippen LogP contribution in [0.25, 0.3) is 16.6 Å². The molecule has 7 heteroatoms. The molecule has 2 aromatic carbocycles. The lowest BCUT2D eigenvalue weighted by Gasteiger charge is -2.08. The van der Waals surface area contributed by atoms with Gasteiger partial charge in [-0.15, -0.1) is 0 Å². The standard InChI is InChI=1S/C16H14F3N3S/c1-23-20-10-14-13-4-2-3-5-15(13)22(21-14)12-8-6-11(7-9-12)16(17,18)19/h2-9,20H,10H2,1H3. The Labute approximate surface area is 135 Å². The summed E-state index contributed by atoms with van der Waals surface area (Å²) in [5, 5.41) is 5.53. The molecule has 0 saturated heterocycles. The van der Waals surface area contributed by atoms with Crippen LogP contribution in [0.1, 0.15) is 11.3 Å². The average molecular weight is 337 g/mol. The van der Waals surface area contributed by atoms with Crippen LogP contribution in [0.4, 0.5) is 13.2 Å². The van der Waals surface area contributed by atoms with Crippen molar-refractivity contribution in [3.8, 4) is 5.69 Å². The van der Waals surface area contributed by atoms with Crippen LogP contribution >= 0.6 is 11.9 Å². The van der Waals surface area contributed by atoms with Crippen LogP contribution in [0.5, 0.6) is 0 Å². The molecule has 0 unspecified atom stereocenters. The lowest BCUT2D eigenvalue weighted by Crippen LogP contribution is -2.06. The van der Waals surface area contributed by atoms with E-state index in [1.165, 1.54) is 24.1 Å². The van der Waals surface area contributed by atoms with Gasteiger partial charge < -0.3 is 0 Å². The van der Waals surface area contributed by atoms with Crippen molar-refractivity contribution >= 4 is 22.9 Å². The molecule has 23 heavy (non-hydrogen) atoms. The van der Waals surface area contributed by atoms with E-state index in [9.17, 15) is 13.2 Å². The maximum Gasteiger partial charge on any atom is 0.416 e. The molecular weight excluding hydrogens is 323 g/mol. The number of nitrogens with zero attached hydrogens (tertiary/aromatic N) is 2. The van der Waals surface area contributed by atoms with Gasteiger partial charge in [0.05, 0.1) is 29.0 Å². The van der Waals surface area contributed by atoms with E-state index in [4.69, 9.17) is 0 Å². The number of fused-ring (bicyclic) bond motifs is 1. The van der Waals surface area contributed by atoms with Crippen molar-refractivity contribution in [2.75, 3.05) is 6.26 Å². The highest BCUT2D eigenvalue weighted by Gasteiger charge is 2.30. The first-order chi connectivity index (χ1) is 11.0. The van der Waals surface area contributed by atoms with Crippen molar-refractivity contribution in [2.24, 2.45) is 0 Å². The van der Waals surface area contributed by atoms with E-state index >= 15 is 0 Å². The van der Waals surface area contributed by atoms with Crippen LogP contribution in [0.15, 0.2) is 48.5 Å². The molecule has 1 heterocycles. The fraction of sp³-hybridized carbons (Fsp3) is 0.188. The van der Waals surface area contributed by atoms with Gasteiger partial charge >= 0.3 is 6.18 Å². The number of hydrogen-bond acceptors (Lipinski definition) is 3. The number of hydrogen-bond donors (Lipinski definition) is 1. The number of nitrogens with one attached hydrogen (secondary N) is 1. The Balaban J connectivity index is 2.05. The molecule has 0 spiro atoms. The van der Waals surface area contributed by atoms with E-state index in [1.807, 2.05) is 30.5 Å². The van der Waals surface area contributed by atoms with Crippen molar-refractivity contribution in [1.82, 2.24) is 14.5 Å². The molecule has 0 aliphatic carbocycles. The first-order valence-corrected chi connectivity index (χ1v) is 8.13. The monoisotopic (exact) mass is 337 g/mol. The number of rotatable bonds is 4. The second-order valence-electron chi connectivity index (χ2n) is 4.95. The zero-order valence-corrected chi connectivity index (χ0v) is 13.1. The van der Waals surface area contributed by atoms with Gasteiger partial charge in [0.15, 0.2) is 0 Å². The predicted octanol–water partition coefficient (Wildman–Crippen LogP) is 4.41. The molecule has 0 radical (unpaired) electrons. The van der Waals surface area contributed by atoms with Crippen LogP contribution < -0.4 is 4.72 Å². The lowest BCUT2D eigenvalue weighted by atomic mass is 10.2. The van der Waals surface area contributed by atoms with E-state index in [1.54, 1.807) is 4.68 Å². The summed E-state index contributed by atoms with van der Waals surface area (Å²) in [7, 11) is 0. The smallest absolute Gasteiger partial charge is 0.258 e. The van der Waals surface area contributed by atoms with Crippen LogP contribution in [0.3, 0.4) is 0 Å². The Morgan fingerprint density at radius 3 is 2.43 bits per heavy atom. The largest absolute Gasteiger partial charge is 0.416 e. The molecule has 0 atom stereocenters. The Morgan fingerprint density at radius 1 is 1.09 bits per heavy atom. The summed E-state index contributed by atoms with van der Waals surface area (Å²) in [4.78, 5) is 0. The number of alkyl halides is 3. The average Bonchev–Trinajstić information content (AvgIpc) is 2.91. The highest BCUT2D eigenvalue weighted by atomic mass is 32.2. The van der Waals surface area contributed by atoms with Gasteiger partial charge in [0.2, 0.25) is 0 Å². The van der Waals surface area contributed by atoms with Crippen molar-refractivity contribution in [1.29, 1.82) is 0 Å². The first kappa shape index (κ1) is 15.9. The van der Waals surface area contributed by atoms with Gasteiger partial charge in [-0.3, -0.25) is 4.72 Å². The van der Waals surface area contributed by atoms with Crippen molar-refractivity contribution in [3.63, 3.8) is 0 Å². The quantitative estimate of drug-likeness (QED) is 0.715. The Hall–Kier alpha value is -1.99. The van der Waals surface area contributed by atoms with Gasteiger partial charge in [0.1, 0.15) is 0 Å². The topological polar surface area (TPSA) is 29.9 Å². The molecule has 3 aromatic rings. The third-order valence-electron chi connectivity index (χ3n) is 3.49. The SMILES string of the molecule is CSNCc1nn(-c2ccc(C(F)(F)F)cc2)c2ccccc12. The minimum Gasteiger partial charge on any atom is -0.258 e. The molecule has 0 fully saturated rings. The molecule has 0 bridgehead atoms. The van der Waals surface area contributed by atoms with Gasteiger partial charge in [-0.2, -0.15) is 18.3 Å². The Morgan fingerprint density at radius 2 is 1.78 bits per heavy atom. The molecule has 0 amide bonds. The molecule has 3 nitrogen and oxygen atoms in total. The van der Waals surface area contributed by atoms with E-state index in [2.05, 4.69) is 9.82 Å².